The third-order valence-electron chi connectivity index (χ3n) is 2.88. The Hall–Kier alpha value is -1.95. The fraction of sp³-hybridized carbons (Fsp3) is 0.462. The lowest BCUT2D eigenvalue weighted by molar-refractivity contribution is 0.0600. The van der Waals surface area contributed by atoms with Crippen LogP contribution >= 0.6 is 0 Å². The molecule has 2 rings (SSSR count). The molecule has 0 spiro atoms. The lowest BCUT2D eigenvalue weighted by atomic mass is 10.1. The van der Waals surface area contributed by atoms with Crippen molar-refractivity contribution in [3.63, 3.8) is 0 Å². The Morgan fingerprint density at radius 1 is 1.37 bits per heavy atom. The van der Waals surface area contributed by atoms with Crippen molar-refractivity contribution in [2.75, 3.05) is 20.8 Å². The summed E-state index contributed by atoms with van der Waals surface area (Å²) in [6, 6.07) is 3.43. The van der Waals surface area contributed by atoms with Crippen LogP contribution in [0.2, 0.25) is 0 Å². The molecule has 0 saturated heterocycles. The fourth-order valence-corrected chi connectivity index (χ4v) is 1.97. The van der Waals surface area contributed by atoms with E-state index in [9.17, 15) is 4.79 Å². The first-order valence-electron chi connectivity index (χ1n) is 6.06. The fourth-order valence-electron chi connectivity index (χ4n) is 1.97. The number of hydrogen-bond donors (Lipinski definition) is 0. The van der Waals surface area contributed by atoms with Gasteiger partial charge in [-0.2, -0.15) is 0 Å². The van der Waals surface area contributed by atoms with Crippen LogP contribution in [0.4, 0.5) is 0 Å². The molecule has 0 saturated carbocycles. The number of carbonyl (C=O) groups is 1. The van der Waals surface area contributed by atoms with Gasteiger partial charge in [0.25, 0.3) is 0 Å². The van der Waals surface area contributed by atoms with Gasteiger partial charge in [-0.25, -0.2) is 4.79 Å². The topological polar surface area (TPSA) is 65.7 Å². The first-order chi connectivity index (χ1) is 9.15. The van der Waals surface area contributed by atoms with Gasteiger partial charge in [0.05, 0.1) is 12.7 Å². The van der Waals surface area contributed by atoms with Crippen molar-refractivity contribution in [2.24, 2.45) is 5.92 Å². The predicted octanol–water partition coefficient (Wildman–Crippen LogP) is 1.34. The van der Waals surface area contributed by atoms with Crippen LogP contribution in [0.25, 0.3) is 5.65 Å². The number of hydrogen-bond acceptors (Lipinski definition) is 5. The molecule has 0 fully saturated rings. The summed E-state index contributed by atoms with van der Waals surface area (Å²) in [5.41, 5.74) is 1.20. The molecule has 2 heterocycles. The highest BCUT2D eigenvalue weighted by Gasteiger charge is 2.12. The second kappa shape index (κ2) is 5.79. The molecule has 0 aliphatic heterocycles. The van der Waals surface area contributed by atoms with E-state index in [1.807, 2.05) is 4.40 Å². The van der Waals surface area contributed by atoms with Crippen LogP contribution in [0.3, 0.4) is 0 Å². The van der Waals surface area contributed by atoms with Crippen LogP contribution in [0, 0.1) is 5.92 Å². The van der Waals surface area contributed by atoms with E-state index in [0.29, 0.717) is 23.7 Å². The molecule has 1 atom stereocenters. The summed E-state index contributed by atoms with van der Waals surface area (Å²) < 4.78 is 11.6. The largest absolute Gasteiger partial charge is 0.465 e. The Kier molecular flexibility index (Phi) is 4.11. The van der Waals surface area contributed by atoms with Crippen molar-refractivity contribution in [2.45, 2.75) is 13.3 Å². The quantitative estimate of drug-likeness (QED) is 0.762. The normalized spacial score (nSPS) is 12.6. The molecule has 2 aromatic rings. The van der Waals surface area contributed by atoms with Crippen LogP contribution in [0.1, 0.15) is 23.1 Å². The molecule has 0 aliphatic rings. The number of rotatable bonds is 5. The van der Waals surface area contributed by atoms with Crippen LogP contribution in [-0.4, -0.2) is 41.4 Å². The van der Waals surface area contributed by atoms with Gasteiger partial charge in [-0.05, 0) is 18.1 Å². The Labute approximate surface area is 111 Å². The van der Waals surface area contributed by atoms with E-state index in [1.54, 1.807) is 25.4 Å². The number of esters is 1. The molecule has 0 N–H and O–H groups in total. The summed E-state index contributed by atoms with van der Waals surface area (Å²) in [4.78, 5) is 11.5. The molecular weight excluding hydrogens is 246 g/mol. The number of methoxy groups -OCH3 is 2. The second-order valence-corrected chi connectivity index (χ2v) is 4.52. The van der Waals surface area contributed by atoms with E-state index in [0.717, 1.165) is 12.2 Å². The average molecular weight is 263 g/mol. The molecule has 6 nitrogen and oxygen atoms in total. The lowest BCUT2D eigenvalue weighted by Crippen LogP contribution is -2.10. The van der Waals surface area contributed by atoms with Crippen molar-refractivity contribution >= 4 is 11.6 Å². The molecule has 1 unspecified atom stereocenters. The van der Waals surface area contributed by atoms with Crippen LogP contribution < -0.4 is 0 Å². The summed E-state index contributed by atoms with van der Waals surface area (Å²) in [5, 5.41) is 8.23. The zero-order chi connectivity index (χ0) is 13.8. The van der Waals surface area contributed by atoms with Crippen molar-refractivity contribution in [3.8, 4) is 0 Å². The zero-order valence-corrected chi connectivity index (χ0v) is 11.3. The number of fused-ring (bicyclic) bond motifs is 1. The number of pyridine rings is 1. The minimum Gasteiger partial charge on any atom is -0.465 e. The molecule has 2 aromatic heterocycles. The molecule has 0 aromatic carbocycles. The highest BCUT2D eigenvalue weighted by atomic mass is 16.5. The highest BCUT2D eigenvalue weighted by molar-refractivity contribution is 5.89. The molecule has 0 aliphatic carbocycles. The summed E-state index contributed by atoms with van der Waals surface area (Å²) in [5.74, 6) is 0.774. The van der Waals surface area contributed by atoms with Gasteiger partial charge < -0.3 is 9.47 Å². The van der Waals surface area contributed by atoms with Crippen LogP contribution in [0.5, 0.6) is 0 Å². The Balaban J connectivity index is 2.32. The first kappa shape index (κ1) is 13.5. The number of carbonyl (C=O) groups excluding carboxylic acids is 1. The van der Waals surface area contributed by atoms with Gasteiger partial charge in [0.15, 0.2) is 5.65 Å². The third kappa shape index (κ3) is 2.90. The van der Waals surface area contributed by atoms with Crippen molar-refractivity contribution in [3.05, 3.63) is 29.7 Å². The van der Waals surface area contributed by atoms with E-state index in [2.05, 4.69) is 17.1 Å². The molecule has 0 amide bonds. The van der Waals surface area contributed by atoms with Crippen molar-refractivity contribution in [1.29, 1.82) is 0 Å². The molecular formula is C13H17N3O3. The number of aromatic nitrogens is 3. The number of nitrogens with zero attached hydrogens (tertiary/aromatic N) is 3. The molecule has 102 valence electrons. The third-order valence-corrected chi connectivity index (χ3v) is 2.88. The Bertz CT molecular complexity index is 580. The zero-order valence-electron chi connectivity index (χ0n) is 11.3. The van der Waals surface area contributed by atoms with E-state index >= 15 is 0 Å². The average Bonchev–Trinajstić information content (AvgIpc) is 2.80. The van der Waals surface area contributed by atoms with Gasteiger partial charge in [0.2, 0.25) is 0 Å². The SMILES string of the molecule is COCC(C)Cc1nnc2ccc(C(=O)OC)cn12. The van der Waals surface area contributed by atoms with E-state index in [4.69, 9.17) is 9.47 Å². The van der Waals surface area contributed by atoms with Gasteiger partial charge in [0, 0.05) is 26.3 Å². The van der Waals surface area contributed by atoms with E-state index < -0.39 is 0 Å². The Morgan fingerprint density at radius 2 is 2.16 bits per heavy atom. The maximum Gasteiger partial charge on any atom is 0.339 e. The summed E-state index contributed by atoms with van der Waals surface area (Å²) >= 11 is 0. The monoisotopic (exact) mass is 263 g/mol. The van der Waals surface area contributed by atoms with Crippen LogP contribution in [-0.2, 0) is 15.9 Å². The van der Waals surface area contributed by atoms with E-state index in [-0.39, 0.29) is 5.97 Å². The maximum absolute atomic E-state index is 11.5. The van der Waals surface area contributed by atoms with Gasteiger partial charge in [0.1, 0.15) is 5.82 Å². The molecule has 0 radical (unpaired) electrons. The lowest BCUT2D eigenvalue weighted by Gasteiger charge is -2.08. The summed E-state index contributed by atoms with van der Waals surface area (Å²) in [6.07, 6.45) is 2.44. The van der Waals surface area contributed by atoms with Crippen LogP contribution in [0.15, 0.2) is 18.3 Å². The standard InChI is InChI=1S/C13H17N3O3/c1-9(8-18-2)6-12-15-14-11-5-4-10(7-16(11)12)13(17)19-3/h4-5,7,9H,6,8H2,1-3H3. The highest BCUT2D eigenvalue weighted by Crippen LogP contribution is 2.11. The number of ether oxygens (including phenoxy) is 2. The smallest absolute Gasteiger partial charge is 0.339 e. The minimum atomic E-state index is -0.369. The second-order valence-electron chi connectivity index (χ2n) is 4.52. The maximum atomic E-state index is 11.5. The van der Waals surface area contributed by atoms with Crippen molar-refractivity contribution < 1.29 is 14.3 Å². The molecule has 6 heteroatoms. The van der Waals surface area contributed by atoms with Gasteiger partial charge in [-0.1, -0.05) is 6.92 Å². The molecule has 0 bridgehead atoms. The summed E-state index contributed by atoms with van der Waals surface area (Å²) in [6.45, 7) is 2.74. The minimum absolute atomic E-state index is 0.333. The Morgan fingerprint density at radius 3 is 2.84 bits per heavy atom. The van der Waals surface area contributed by atoms with Gasteiger partial charge in [-0.3, -0.25) is 4.40 Å². The van der Waals surface area contributed by atoms with Gasteiger partial charge in [-0.15, -0.1) is 10.2 Å². The van der Waals surface area contributed by atoms with E-state index in [1.165, 1.54) is 7.11 Å². The summed E-state index contributed by atoms with van der Waals surface area (Å²) in [7, 11) is 3.04. The molecule has 19 heavy (non-hydrogen) atoms. The van der Waals surface area contributed by atoms with Crippen molar-refractivity contribution in [1.82, 2.24) is 14.6 Å². The predicted molar refractivity (Wildman–Crippen MR) is 69.1 cm³/mol. The first-order valence-corrected chi connectivity index (χ1v) is 6.06. The van der Waals surface area contributed by atoms with Gasteiger partial charge >= 0.3 is 5.97 Å².